The van der Waals surface area contributed by atoms with Gasteiger partial charge in [0.05, 0.1) is 5.52 Å². The monoisotopic (exact) mass is 270 g/mol. The molecule has 3 rings (SSSR count). The predicted molar refractivity (Wildman–Crippen MR) is 76.6 cm³/mol. The SMILES string of the molecule is O=c1ccn(Cc2ccc(Cl)nc2)c2ccccc12. The fourth-order valence-electron chi connectivity index (χ4n) is 2.09. The van der Waals surface area contributed by atoms with Gasteiger partial charge in [-0.3, -0.25) is 4.79 Å². The average Bonchev–Trinajstić information content (AvgIpc) is 2.45. The topological polar surface area (TPSA) is 34.9 Å². The van der Waals surface area contributed by atoms with Crippen LogP contribution in [0, 0.1) is 0 Å². The Hall–Kier alpha value is -2.13. The van der Waals surface area contributed by atoms with Gasteiger partial charge >= 0.3 is 0 Å². The van der Waals surface area contributed by atoms with Crippen molar-refractivity contribution >= 4 is 22.5 Å². The Bertz CT molecular complexity index is 778. The van der Waals surface area contributed by atoms with Crippen LogP contribution in [-0.2, 0) is 6.54 Å². The van der Waals surface area contributed by atoms with Crippen LogP contribution in [0.4, 0.5) is 0 Å². The summed E-state index contributed by atoms with van der Waals surface area (Å²) in [7, 11) is 0. The molecule has 1 aromatic carbocycles. The van der Waals surface area contributed by atoms with Gasteiger partial charge in [0.25, 0.3) is 0 Å². The molecule has 3 nitrogen and oxygen atoms in total. The molecule has 0 aliphatic rings. The third-order valence-electron chi connectivity index (χ3n) is 3.03. The third-order valence-corrected chi connectivity index (χ3v) is 3.25. The fourth-order valence-corrected chi connectivity index (χ4v) is 2.21. The molecule has 0 N–H and O–H groups in total. The van der Waals surface area contributed by atoms with Crippen molar-refractivity contribution < 1.29 is 0 Å². The number of aromatic nitrogens is 2. The van der Waals surface area contributed by atoms with E-state index in [9.17, 15) is 4.79 Å². The van der Waals surface area contributed by atoms with Crippen LogP contribution in [0.25, 0.3) is 10.9 Å². The lowest BCUT2D eigenvalue weighted by molar-refractivity contribution is 0.821. The van der Waals surface area contributed by atoms with Gasteiger partial charge in [-0.2, -0.15) is 0 Å². The zero-order chi connectivity index (χ0) is 13.2. The fraction of sp³-hybridized carbons (Fsp3) is 0.0667. The zero-order valence-corrected chi connectivity index (χ0v) is 10.8. The first-order chi connectivity index (χ1) is 9.24. The lowest BCUT2D eigenvalue weighted by Crippen LogP contribution is -2.08. The van der Waals surface area contributed by atoms with Crippen LogP contribution in [0.5, 0.6) is 0 Å². The summed E-state index contributed by atoms with van der Waals surface area (Å²) in [6, 6.07) is 12.9. The first-order valence-corrected chi connectivity index (χ1v) is 6.30. The van der Waals surface area contributed by atoms with Crippen LogP contribution >= 0.6 is 11.6 Å². The van der Waals surface area contributed by atoms with Crippen molar-refractivity contribution in [3.05, 3.63) is 75.8 Å². The van der Waals surface area contributed by atoms with Gasteiger partial charge in [0.1, 0.15) is 5.15 Å². The van der Waals surface area contributed by atoms with E-state index in [0.717, 1.165) is 16.5 Å². The molecule has 0 unspecified atom stereocenters. The highest BCUT2D eigenvalue weighted by Crippen LogP contribution is 2.12. The number of hydrogen-bond donors (Lipinski definition) is 0. The summed E-state index contributed by atoms with van der Waals surface area (Å²) in [5.41, 5.74) is 2.00. The smallest absolute Gasteiger partial charge is 0.189 e. The molecule has 0 bridgehead atoms. The van der Waals surface area contributed by atoms with Gasteiger partial charge in [-0.1, -0.05) is 29.8 Å². The summed E-state index contributed by atoms with van der Waals surface area (Å²) < 4.78 is 2.03. The molecule has 2 heterocycles. The molecular weight excluding hydrogens is 260 g/mol. The number of pyridine rings is 2. The highest BCUT2D eigenvalue weighted by molar-refractivity contribution is 6.29. The average molecular weight is 271 g/mol. The summed E-state index contributed by atoms with van der Waals surface area (Å²) >= 11 is 5.77. The summed E-state index contributed by atoms with van der Waals surface area (Å²) in [6.45, 7) is 0.658. The lowest BCUT2D eigenvalue weighted by Gasteiger charge is -2.10. The van der Waals surface area contributed by atoms with Crippen LogP contribution in [0.2, 0.25) is 5.15 Å². The highest BCUT2D eigenvalue weighted by Gasteiger charge is 2.02. The summed E-state index contributed by atoms with van der Waals surface area (Å²) in [5.74, 6) is 0. The first-order valence-electron chi connectivity index (χ1n) is 5.93. The van der Waals surface area contributed by atoms with Gasteiger partial charge < -0.3 is 4.57 Å². The van der Waals surface area contributed by atoms with Crippen LogP contribution in [0.1, 0.15) is 5.56 Å². The number of benzene rings is 1. The van der Waals surface area contributed by atoms with Gasteiger partial charge in [0, 0.05) is 30.4 Å². The standard InChI is InChI=1S/C15H11ClN2O/c16-15-6-5-11(9-17-15)10-18-8-7-14(19)12-3-1-2-4-13(12)18/h1-9H,10H2. The number of hydrogen-bond acceptors (Lipinski definition) is 2. The Morgan fingerprint density at radius 3 is 2.74 bits per heavy atom. The van der Waals surface area contributed by atoms with Crippen molar-refractivity contribution in [3.63, 3.8) is 0 Å². The van der Waals surface area contributed by atoms with Crippen molar-refractivity contribution in [1.29, 1.82) is 0 Å². The number of para-hydroxylation sites is 1. The lowest BCUT2D eigenvalue weighted by atomic mass is 10.2. The summed E-state index contributed by atoms with van der Waals surface area (Å²) in [6.07, 6.45) is 3.55. The number of fused-ring (bicyclic) bond motifs is 1. The molecule has 0 radical (unpaired) electrons. The number of rotatable bonds is 2. The second-order valence-corrected chi connectivity index (χ2v) is 4.70. The third kappa shape index (κ3) is 2.37. The van der Waals surface area contributed by atoms with Gasteiger partial charge in [-0.25, -0.2) is 4.98 Å². The van der Waals surface area contributed by atoms with E-state index in [-0.39, 0.29) is 5.43 Å². The van der Waals surface area contributed by atoms with E-state index in [0.29, 0.717) is 11.7 Å². The van der Waals surface area contributed by atoms with Crippen LogP contribution in [0.3, 0.4) is 0 Å². The van der Waals surface area contributed by atoms with E-state index in [1.165, 1.54) is 0 Å². The summed E-state index contributed by atoms with van der Waals surface area (Å²) in [5, 5.41) is 1.21. The van der Waals surface area contributed by atoms with E-state index in [1.807, 2.05) is 34.9 Å². The Morgan fingerprint density at radius 1 is 1.11 bits per heavy atom. The Labute approximate surface area is 115 Å². The van der Waals surface area contributed by atoms with Gasteiger partial charge in [0.2, 0.25) is 0 Å². The van der Waals surface area contributed by atoms with E-state index < -0.39 is 0 Å². The molecular formula is C15H11ClN2O. The molecule has 0 saturated carbocycles. The van der Waals surface area contributed by atoms with Crippen molar-refractivity contribution in [2.45, 2.75) is 6.54 Å². The van der Waals surface area contributed by atoms with E-state index in [4.69, 9.17) is 11.6 Å². The summed E-state index contributed by atoms with van der Waals surface area (Å²) in [4.78, 5) is 15.8. The molecule has 94 valence electrons. The van der Waals surface area contributed by atoms with Crippen molar-refractivity contribution in [2.24, 2.45) is 0 Å². The molecule has 4 heteroatoms. The molecule has 3 aromatic rings. The molecule has 0 fully saturated rings. The first kappa shape index (κ1) is 11.9. The van der Waals surface area contributed by atoms with Crippen LogP contribution < -0.4 is 5.43 Å². The van der Waals surface area contributed by atoms with Crippen molar-refractivity contribution in [1.82, 2.24) is 9.55 Å². The zero-order valence-electron chi connectivity index (χ0n) is 10.1. The molecule has 0 amide bonds. The highest BCUT2D eigenvalue weighted by atomic mass is 35.5. The van der Waals surface area contributed by atoms with Gasteiger partial charge in [-0.15, -0.1) is 0 Å². The Kier molecular flexibility index (Phi) is 3.05. The minimum Gasteiger partial charge on any atom is -0.343 e. The maximum absolute atomic E-state index is 11.8. The quantitative estimate of drug-likeness (QED) is 0.671. The van der Waals surface area contributed by atoms with Crippen LogP contribution in [0.15, 0.2) is 59.7 Å². The molecule has 0 spiro atoms. The second kappa shape index (κ2) is 4.86. The van der Waals surface area contributed by atoms with Gasteiger partial charge in [0.15, 0.2) is 5.43 Å². The molecule has 0 aliphatic heterocycles. The van der Waals surface area contributed by atoms with Crippen molar-refractivity contribution in [3.8, 4) is 0 Å². The minimum atomic E-state index is 0.0427. The Morgan fingerprint density at radius 2 is 1.95 bits per heavy atom. The maximum Gasteiger partial charge on any atom is 0.189 e. The second-order valence-electron chi connectivity index (χ2n) is 4.31. The van der Waals surface area contributed by atoms with Crippen LogP contribution in [-0.4, -0.2) is 9.55 Å². The maximum atomic E-state index is 11.8. The molecule has 0 saturated heterocycles. The largest absolute Gasteiger partial charge is 0.343 e. The number of halogens is 1. The normalized spacial score (nSPS) is 10.8. The molecule has 2 aromatic heterocycles. The molecule has 0 atom stereocenters. The molecule has 0 aliphatic carbocycles. The van der Waals surface area contributed by atoms with Gasteiger partial charge in [-0.05, 0) is 23.8 Å². The van der Waals surface area contributed by atoms with E-state index in [2.05, 4.69) is 4.98 Å². The predicted octanol–water partition coefficient (Wildman–Crippen LogP) is 3.10. The molecule has 19 heavy (non-hydrogen) atoms. The van der Waals surface area contributed by atoms with Crippen molar-refractivity contribution in [2.75, 3.05) is 0 Å². The van der Waals surface area contributed by atoms with E-state index in [1.54, 1.807) is 24.5 Å². The van der Waals surface area contributed by atoms with E-state index >= 15 is 0 Å². The minimum absolute atomic E-state index is 0.0427. The number of nitrogens with zero attached hydrogens (tertiary/aromatic N) is 2. The Balaban J connectivity index is 2.08.